The van der Waals surface area contributed by atoms with Crippen LogP contribution < -0.4 is 4.90 Å². The lowest BCUT2D eigenvalue weighted by atomic mass is 10.0. The van der Waals surface area contributed by atoms with Crippen LogP contribution in [0.3, 0.4) is 0 Å². The molecule has 3 heteroatoms. The van der Waals surface area contributed by atoms with Gasteiger partial charge in [-0.05, 0) is 83.6 Å². The van der Waals surface area contributed by atoms with E-state index in [0.29, 0.717) is 0 Å². The number of hydrogen-bond donors (Lipinski definition) is 0. The predicted octanol–water partition coefficient (Wildman–Crippen LogP) is 11.8. The van der Waals surface area contributed by atoms with E-state index in [1.54, 1.807) is 0 Å². The highest BCUT2D eigenvalue weighted by atomic mass is 32.1. The number of aromatic nitrogens is 1. The largest absolute Gasteiger partial charge is 0.310 e. The molecular weight excluding hydrogens is 541 g/mol. The van der Waals surface area contributed by atoms with Gasteiger partial charge in [0.05, 0.1) is 16.7 Å². The van der Waals surface area contributed by atoms with Gasteiger partial charge < -0.3 is 9.47 Å². The zero-order valence-corrected chi connectivity index (χ0v) is 24.1. The summed E-state index contributed by atoms with van der Waals surface area (Å²) < 4.78 is 5.05. The minimum Gasteiger partial charge on any atom is -0.310 e. The number of anilines is 3. The van der Waals surface area contributed by atoms with Crippen LogP contribution in [0.1, 0.15) is 0 Å². The smallest absolute Gasteiger partial charge is 0.0562 e. The minimum absolute atomic E-state index is 1.13. The number of rotatable bonds is 4. The summed E-state index contributed by atoms with van der Waals surface area (Å²) >= 11 is 1.87. The van der Waals surface area contributed by atoms with Gasteiger partial charge in [-0.2, -0.15) is 0 Å². The average Bonchev–Trinajstić information content (AvgIpc) is 3.60. The van der Waals surface area contributed by atoms with E-state index in [4.69, 9.17) is 0 Å². The Morgan fingerprint density at radius 3 is 2.02 bits per heavy atom. The number of hydrogen-bond acceptors (Lipinski definition) is 2. The molecule has 2 nitrogen and oxygen atoms in total. The second-order valence-electron chi connectivity index (χ2n) is 11.0. The maximum absolute atomic E-state index is 2.42. The van der Waals surface area contributed by atoms with Gasteiger partial charge in [-0.3, -0.25) is 0 Å². The maximum atomic E-state index is 2.42. The first-order valence-electron chi connectivity index (χ1n) is 14.6. The number of nitrogens with zero attached hydrogens (tertiary/aromatic N) is 2. The Bertz CT molecular complexity index is 2450. The first-order valence-corrected chi connectivity index (χ1v) is 15.4. The van der Waals surface area contributed by atoms with Crippen LogP contribution in [0.2, 0.25) is 0 Å². The molecule has 43 heavy (non-hydrogen) atoms. The molecule has 0 atom stereocenters. The number of benzene rings is 7. The van der Waals surface area contributed by atoms with E-state index in [0.717, 1.165) is 22.7 Å². The van der Waals surface area contributed by atoms with Crippen molar-refractivity contribution in [1.82, 2.24) is 4.57 Å². The van der Waals surface area contributed by atoms with Crippen molar-refractivity contribution in [3.8, 4) is 5.69 Å². The quantitative estimate of drug-likeness (QED) is 0.206. The zero-order valence-electron chi connectivity index (χ0n) is 23.3. The highest BCUT2D eigenvalue weighted by molar-refractivity contribution is 7.25. The molecule has 0 unspecified atom stereocenters. The lowest BCUT2D eigenvalue weighted by Gasteiger charge is -2.27. The predicted molar refractivity (Wildman–Crippen MR) is 186 cm³/mol. The molecule has 0 aliphatic rings. The molecule has 2 aromatic heterocycles. The molecule has 0 saturated heterocycles. The standard InChI is InChI=1S/C40H26N2S/c1-3-12-29(13-4-1)41(31-23-22-27-26-39-34(25-28(27)24-31)32-16-8-10-21-38(32)43-39)36-19-11-20-37-40(36)33-17-7-9-18-35(33)42(37)30-14-5-2-6-15-30/h1-26H. The van der Waals surface area contributed by atoms with Crippen LogP contribution in [-0.4, -0.2) is 4.57 Å². The van der Waals surface area contributed by atoms with Gasteiger partial charge >= 0.3 is 0 Å². The van der Waals surface area contributed by atoms with Crippen molar-refractivity contribution >= 4 is 81.1 Å². The lowest BCUT2D eigenvalue weighted by molar-refractivity contribution is 1.18. The van der Waals surface area contributed by atoms with Crippen LogP contribution in [0.4, 0.5) is 17.1 Å². The normalized spacial score (nSPS) is 11.7. The monoisotopic (exact) mass is 566 g/mol. The summed E-state index contributed by atoms with van der Waals surface area (Å²) in [6.45, 7) is 0. The Morgan fingerprint density at radius 1 is 0.442 bits per heavy atom. The van der Waals surface area contributed by atoms with Crippen LogP contribution in [0.15, 0.2) is 158 Å². The molecule has 0 radical (unpaired) electrons. The van der Waals surface area contributed by atoms with Crippen LogP contribution in [0, 0.1) is 0 Å². The molecule has 7 aromatic carbocycles. The topological polar surface area (TPSA) is 8.17 Å². The second kappa shape index (κ2) is 9.59. The van der Waals surface area contributed by atoms with E-state index in [9.17, 15) is 0 Å². The highest BCUT2D eigenvalue weighted by Crippen LogP contribution is 2.45. The molecule has 0 saturated carbocycles. The van der Waals surface area contributed by atoms with E-state index >= 15 is 0 Å². The summed E-state index contributed by atoms with van der Waals surface area (Å²) in [7, 11) is 0. The summed E-state index contributed by atoms with van der Waals surface area (Å²) in [5, 5.41) is 7.64. The molecule has 0 bridgehead atoms. The van der Waals surface area contributed by atoms with Crippen LogP contribution in [0.25, 0.3) is 58.4 Å². The zero-order chi connectivity index (χ0) is 28.3. The molecule has 0 aliphatic heterocycles. The molecule has 0 aliphatic carbocycles. The molecule has 9 rings (SSSR count). The van der Waals surface area contributed by atoms with Crippen molar-refractivity contribution in [3.05, 3.63) is 158 Å². The van der Waals surface area contributed by atoms with Crippen molar-refractivity contribution in [2.75, 3.05) is 4.90 Å². The summed E-state index contributed by atoms with van der Waals surface area (Å²) in [6.07, 6.45) is 0. The van der Waals surface area contributed by atoms with Gasteiger partial charge in [-0.25, -0.2) is 0 Å². The van der Waals surface area contributed by atoms with E-state index in [1.807, 2.05) is 11.3 Å². The van der Waals surface area contributed by atoms with Gasteiger partial charge in [0, 0.05) is 48.0 Å². The molecule has 202 valence electrons. The molecule has 0 amide bonds. The fourth-order valence-corrected chi connectivity index (χ4v) is 7.78. The summed E-state index contributed by atoms with van der Waals surface area (Å²) in [4.78, 5) is 2.42. The molecule has 0 fully saturated rings. The second-order valence-corrected chi connectivity index (χ2v) is 12.1. The van der Waals surface area contributed by atoms with Crippen molar-refractivity contribution < 1.29 is 0 Å². The third-order valence-corrected chi connectivity index (χ3v) is 9.66. The third-order valence-electron chi connectivity index (χ3n) is 8.52. The Hall–Kier alpha value is -5.38. The number of thiophene rings is 1. The Kier molecular flexibility index (Phi) is 5.40. The van der Waals surface area contributed by atoms with Crippen molar-refractivity contribution in [1.29, 1.82) is 0 Å². The molecule has 0 N–H and O–H groups in total. The van der Waals surface area contributed by atoms with E-state index < -0.39 is 0 Å². The first kappa shape index (κ1) is 24.2. The summed E-state index contributed by atoms with van der Waals surface area (Å²) in [5.41, 5.74) is 6.99. The van der Waals surface area contributed by atoms with Crippen LogP contribution in [-0.2, 0) is 0 Å². The lowest BCUT2D eigenvalue weighted by Crippen LogP contribution is -2.10. The van der Waals surface area contributed by atoms with Gasteiger partial charge in [-0.15, -0.1) is 11.3 Å². The summed E-state index contributed by atoms with van der Waals surface area (Å²) in [6, 6.07) is 57.2. The average molecular weight is 567 g/mol. The van der Waals surface area contributed by atoms with Gasteiger partial charge in [0.15, 0.2) is 0 Å². The molecule has 2 heterocycles. The maximum Gasteiger partial charge on any atom is 0.0562 e. The SMILES string of the molecule is c1ccc(N(c2ccc3cc4sc5ccccc5c4cc3c2)c2cccc3c2c2ccccc2n3-c2ccccc2)cc1. The van der Waals surface area contributed by atoms with Gasteiger partial charge in [0.25, 0.3) is 0 Å². The Balaban J connectivity index is 1.33. The first-order chi connectivity index (χ1) is 21.3. The summed E-state index contributed by atoms with van der Waals surface area (Å²) in [5.74, 6) is 0. The third kappa shape index (κ3) is 3.79. The van der Waals surface area contributed by atoms with Crippen LogP contribution >= 0.6 is 11.3 Å². The minimum atomic E-state index is 1.13. The van der Waals surface area contributed by atoms with Gasteiger partial charge in [-0.1, -0.05) is 84.9 Å². The Labute approximate surface area is 253 Å². The van der Waals surface area contributed by atoms with Crippen LogP contribution in [0.5, 0.6) is 0 Å². The van der Waals surface area contributed by atoms with Crippen molar-refractivity contribution in [2.24, 2.45) is 0 Å². The fraction of sp³-hybridized carbons (Fsp3) is 0. The molecule has 9 aromatic rings. The number of para-hydroxylation sites is 3. The molecule has 0 spiro atoms. The van der Waals surface area contributed by atoms with Crippen molar-refractivity contribution in [2.45, 2.75) is 0 Å². The number of fused-ring (bicyclic) bond motifs is 7. The highest BCUT2D eigenvalue weighted by Gasteiger charge is 2.21. The van der Waals surface area contributed by atoms with E-state index in [1.165, 1.54) is 52.8 Å². The van der Waals surface area contributed by atoms with E-state index in [2.05, 4.69) is 167 Å². The van der Waals surface area contributed by atoms with Crippen molar-refractivity contribution in [3.63, 3.8) is 0 Å². The van der Waals surface area contributed by atoms with Gasteiger partial charge in [0.1, 0.15) is 0 Å². The van der Waals surface area contributed by atoms with E-state index in [-0.39, 0.29) is 0 Å². The fourth-order valence-electron chi connectivity index (χ4n) is 6.64. The Morgan fingerprint density at radius 2 is 1.16 bits per heavy atom. The molecular formula is C40H26N2S. The van der Waals surface area contributed by atoms with Gasteiger partial charge in [0.2, 0.25) is 0 Å².